The van der Waals surface area contributed by atoms with Crippen molar-refractivity contribution < 1.29 is 13.5 Å². The number of nitriles is 1. The number of hydrogen-bond acceptors (Lipinski definition) is 3. The summed E-state index contributed by atoms with van der Waals surface area (Å²) in [5, 5.41) is 8.56. The first-order valence-electron chi connectivity index (χ1n) is 6.11. The molecular weight excluding hydrogens is 250 g/mol. The molecule has 0 saturated carbocycles. The number of ether oxygens (including phenoxy) is 1. The molecule has 0 bridgehead atoms. The summed E-state index contributed by atoms with van der Waals surface area (Å²) in [5.41, 5.74) is -0.00521. The van der Waals surface area contributed by atoms with Crippen molar-refractivity contribution in [2.75, 3.05) is 33.4 Å². The fourth-order valence-corrected chi connectivity index (χ4v) is 1.75. The van der Waals surface area contributed by atoms with E-state index in [1.165, 1.54) is 19.2 Å². The minimum absolute atomic E-state index is 0.00521. The second-order valence-electron chi connectivity index (χ2n) is 4.25. The van der Waals surface area contributed by atoms with E-state index in [0.717, 1.165) is 0 Å². The molecule has 0 saturated heterocycles. The molecule has 1 rings (SSSR count). The van der Waals surface area contributed by atoms with Crippen LogP contribution in [0.1, 0.15) is 12.0 Å². The van der Waals surface area contributed by atoms with Crippen LogP contribution in [0.15, 0.2) is 30.3 Å². The summed E-state index contributed by atoms with van der Waals surface area (Å²) in [5.74, 6) is -2.93. The molecule has 0 spiro atoms. The molecule has 0 atom stereocenters. The molecule has 0 heterocycles. The zero-order valence-corrected chi connectivity index (χ0v) is 11.0. The minimum Gasteiger partial charge on any atom is -0.383 e. The number of methoxy groups -OCH3 is 1. The summed E-state index contributed by atoms with van der Waals surface area (Å²) in [7, 11) is 1.53. The van der Waals surface area contributed by atoms with E-state index in [2.05, 4.69) is 0 Å². The fourth-order valence-electron chi connectivity index (χ4n) is 1.75. The predicted octanol–water partition coefficient (Wildman–Crippen LogP) is 2.64. The number of alkyl halides is 2. The minimum atomic E-state index is -2.93. The Balaban J connectivity index is 2.68. The molecule has 1 aromatic rings. The third-order valence-corrected chi connectivity index (χ3v) is 2.77. The highest BCUT2D eigenvalue weighted by molar-refractivity contribution is 5.20. The molecule has 0 N–H and O–H groups in total. The van der Waals surface area contributed by atoms with Crippen LogP contribution in [0.25, 0.3) is 0 Å². The molecular formula is C14H18F2N2O. The first-order chi connectivity index (χ1) is 9.10. The summed E-state index contributed by atoms with van der Waals surface area (Å²) in [4.78, 5) is 1.56. The van der Waals surface area contributed by atoms with Crippen LogP contribution < -0.4 is 0 Å². The predicted molar refractivity (Wildman–Crippen MR) is 68.9 cm³/mol. The van der Waals surface area contributed by atoms with Crippen LogP contribution in [0, 0.1) is 11.3 Å². The lowest BCUT2D eigenvalue weighted by Gasteiger charge is -2.26. The molecule has 5 heteroatoms. The van der Waals surface area contributed by atoms with E-state index in [4.69, 9.17) is 10.00 Å². The Bertz CT molecular complexity index is 404. The molecule has 0 aromatic heterocycles. The Kier molecular flexibility index (Phi) is 6.40. The molecule has 0 amide bonds. The number of nitrogens with zero attached hydrogens (tertiary/aromatic N) is 2. The van der Waals surface area contributed by atoms with Crippen molar-refractivity contribution in [3.05, 3.63) is 35.9 Å². The van der Waals surface area contributed by atoms with Crippen molar-refractivity contribution in [3.63, 3.8) is 0 Å². The first kappa shape index (κ1) is 15.5. The number of halogens is 2. The second kappa shape index (κ2) is 7.82. The van der Waals surface area contributed by atoms with Crippen LogP contribution in [-0.2, 0) is 10.7 Å². The maximum Gasteiger partial charge on any atom is 0.285 e. The molecule has 3 nitrogen and oxygen atoms in total. The van der Waals surface area contributed by atoms with E-state index < -0.39 is 12.5 Å². The van der Waals surface area contributed by atoms with Crippen molar-refractivity contribution in [1.82, 2.24) is 4.90 Å². The van der Waals surface area contributed by atoms with Gasteiger partial charge in [-0.2, -0.15) is 14.0 Å². The number of benzene rings is 1. The first-order valence-corrected chi connectivity index (χ1v) is 6.11. The quantitative estimate of drug-likeness (QED) is 0.727. The Hall–Kier alpha value is -1.51. The van der Waals surface area contributed by atoms with Gasteiger partial charge >= 0.3 is 0 Å². The van der Waals surface area contributed by atoms with Crippen molar-refractivity contribution >= 4 is 0 Å². The van der Waals surface area contributed by atoms with E-state index >= 15 is 0 Å². The lowest BCUT2D eigenvalue weighted by atomic mass is 10.1. The van der Waals surface area contributed by atoms with Gasteiger partial charge in [-0.3, -0.25) is 4.90 Å². The van der Waals surface area contributed by atoms with Gasteiger partial charge in [0.25, 0.3) is 5.92 Å². The molecule has 0 fully saturated rings. The van der Waals surface area contributed by atoms with Crippen LogP contribution >= 0.6 is 0 Å². The highest BCUT2D eigenvalue weighted by Crippen LogP contribution is 2.28. The molecule has 19 heavy (non-hydrogen) atoms. The SMILES string of the molecule is COCCN(CCC#N)CC(F)(F)c1ccccc1. The highest BCUT2D eigenvalue weighted by Gasteiger charge is 2.33. The normalized spacial score (nSPS) is 11.5. The molecule has 104 valence electrons. The fraction of sp³-hybridized carbons (Fsp3) is 0.500. The summed E-state index contributed by atoms with van der Waals surface area (Å²) in [6.07, 6.45) is 0.231. The molecule has 1 aromatic carbocycles. The second-order valence-corrected chi connectivity index (χ2v) is 4.25. The van der Waals surface area contributed by atoms with Crippen molar-refractivity contribution in [1.29, 1.82) is 5.26 Å². The highest BCUT2D eigenvalue weighted by atomic mass is 19.3. The van der Waals surface area contributed by atoms with Crippen LogP contribution in [0.3, 0.4) is 0 Å². The Labute approximate surface area is 112 Å². The van der Waals surface area contributed by atoms with E-state index in [9.17, 15) is 8.78 Å². The molecule has 0 unspecified atom stereocenters. The van der Waals surface area contributed by atoms with Gasteiger partial charge in [0.15, 0.2) is 0 Å². The van der Waals surface area contributed by atoms with Gasteiger partial charge in [0.2, 0.25) is 0 Å². The van der Waals surface area contributed by atoms with Crippen molar-refractivity contribution in [3.8, 4) is 6.07 Å². The van der Waals surface area contributed by atoms with Crippen molar-refractivity contribution in [2.45, 2.75) is 12.3 Å². The van der Waals surface area contributed by atoms with Gasteiger partial charge in [0, 0.05) is 32.2 Å². The standard InChI is InChI=1S/C14H18F2N2O/c1-19-11-10-18(9-5-8-17)12-14(15,16)13-6-3-2-4-7-13/h2-4,6-7H,5,9-12H2,1H3. The monoisotopic (exact) mass is 268 g/mol. The summed E-state index contributed by atoms with van der Waals surface area (Å²) >= 11 is 0. The van der Waals surface area contributed by atoms with Gasteiger partial charge < -0.3 is 4.74 Å². The van der Waals surface area contributed by atoms with E-state index in [1.54, 1.807) is 23.1 Å². The van der Waals surface area contributed by atoms with Crippen LogP contribution in [0.2, 0.25) is 0 Å². The van der Waals surface area contributed by atoms with Crippen LogP contribution in [0.4, 0.5) is 8.78 Å². The van der Waals surface area contributed by atoms with Gasteiger partial charge in [-0.05, 0) is 0 Å². The Morgan fingerprint density at radius 1 is 1.26 bits per heavy atom. The average molecular weight is 268 g/mol. The van der Waals surface area contributed by atoms with Crippen LogP contribution in [-0.4, -0.2) is 38.3 Å². The molecule has 0 aliphatic carbocycles. The Morgan fingerprint density at radius 3 is 2.53 bits per heavy atom. The van der Waals surface area contributed by atoms with Gasteiger partial charge in [0.1, 0.15) is 0 Å². The maximum atomic E-state index is 14.1. The zero-order chi connectivity index (χ0) is 14.1. The largest absolute Gasteiger partial charge is 0.383 e. The smallest absolute Gasteiger partial charge is 0.285 e. The van der Waals surface area contributed by atoms with Gasteiger partial charge in [-0.15, -0.1) is 0 Å². The lowest BCUT2D eigenvalue weighted by molar-refractivity contribution is -0.0411. The van der Waals surface area contributed by atoms with Gasteiger partial charge in [0.05, 0.1) is 19.2 Å². The number of hydrogen-bond donors (Lipinski definition) is 0. The third kappa shape index (κ3) is 5.33. The summed E-state index contributed by atoms with van der Waals surface area (Å²) in [6.45, 7) is 0.682. The van der Waals surface area contributed by atoms with E-state index in [-0.39, 0.29) is 12.0 Å². The zero-order valence-electron chi connectivity index (χ0n) is 11.0. The van der Waals surface area contributed by atoms with E-state index in [1.807, 2.05) is 6.07 Å². The summed E-state index contributed by atoms with van der Waals surface area (Å²) < 4.78 is 33.1. The van der Waals surface area contributed by atoms with Gasteiger partial charge in [-0.25, -0.2) is 0 Å². The van der Waals surface area contributed by atoms with Crippen molar-refractivity contribution in [2.24, 2.45) is 0 Å². The lowest BCUT2D eigenvalue weighted by Crippen LogP contribution is -2.38. The van der Waals surface area contributed by atoms with E-state index in [0.29, 0.717) is 19.7 Å². The molecule has 0 aliphatic rings. The van der Waals surface area contributed by atoms with Gasteiger partial charge in [-0.1, -0.05) is 30.3 Å². The molecule has 0 radical (unpaired) electrons. The number of rotatable bonds is 8. The third-order valence-electron chi connectivity index (χ3n) is 2.77. The summed E-state index contributed by atoms with van der Waals surface area (Å²) in [6, 6.07) is 9.70. The average Bonchev–Trinajstić information content (AvgIpc) is 2.42. The Morgan fingerprint density at radius 2 is 1.95 bits per heavy atom. The van der Waals surface area contributed by atoms with Crippen LogP contribution in [0.5, 0.6) is 0 Å². The maximum absolute atomic E-state index is 14.1. The molecule has 0 aliphatic heterocycles. The topological polar surface area (TPSA) is 36.3 Å².